The van der Waals surface area contributed by atoms with Crippen LogP contribution in [0.25, 0.3) is 0 Å². The third-order valence-corrected chi connectivity index (χ3v) is 10.1. The number of piperidine rings is 1. The molecule has 0 amide bonds. The van der Waals surface area contributed by atoms with E-state index in [0.29, 0.717) is 0 Å². The summed E-state index contributed by atoms with van der Waals surface area (Å²) in [5.74, 6) is 2.09. The Hall–Kier alpha value is -2.05. The fraction of sp³-hybridized carbons (Fsp3) is 0.667. The molecule has 6 nitrogen and oxygen atoms in total. The van der Waals surface area contributed by atoms with Crippen LogP contribution in [0.5, 0.6) is 11.5 Å². The van der Waals surface area contributed by atoms with Gasteiger partial charge in [0.1, 0.15) is 6.10 Å². The Bertz CT molecular complexity index is 1080. The van der Waals surface area contributed by atoms with E-state index in [2.05, 4.69) is 11.0 Å². The second-order valence-electron chi connectivity index (χ2n) is 11.3. The number of methoxy groups -OCH3 is 2. The van der Waals surface area contributed by atoms with Crippen molar-refractivity contribution >= 4 is 5.97 Å². The second kappa shape index (κ2) is 6.54. The molecule has 4 fully saturated rings. The number of hydrogen-bond acceptors (Lipinski definition) is 6. The van der Waals surface area contributed by atoms with Gasteiger partial charge in [0.15, 0.2) is 11.5 Å². The number of benzene rings is 1. The van der Waals surface area contributed by atoms with Crippen LogP contribution in [0.15, 0.2) is 23.8 Å². The molecular weight excluding hydrogens is 418 g/mol. The SMILES string of the molecule is COC(=O)/C=C1\CC[C@]12CC[C@@]1(O)[C@H]3Cc4ccc(OC)c5c4[C@@]1(CCN3CC1CC1)[C@H]2O5. The smallest absolute Gasteiger partial charge is 0.330 e. The second-order valence-corrected chi connectivity index (χ2v) is 11.3. The van der Waals surface area contributed by atoms with E-state index in [4.69, 9.17) is 14.2 Å². The molecule has 0 aromatic heterocycles. The fourth-order valence-corrected chi connectivity index (χ4v) is 8.35. The van der Waals surface area contributed by atoms with E-state index in [1.807, 2.05) is 6.07 Å². The number of nitrogens with zero attached hydrogens (tertiary/aromatic N) is 1. The van der Waals surface area contributed by atoms with E-state index < -0.39 is 11.0 Å². The van der Waals surface area contributed by atoms with Crippen molar-refractivity contribution in [3.63, 3.8) is 0 Å². The maximum absolute atomic E-state index is 12.7. The van der Waals surface area contributed by atoms with Gasteiger partial charge < -0.3 is 19.3 Å². The number of fused-ring (bicyclic) bond motifs is 1. The summed E-state index contributed by atoms with van der Waals surface area (Å²) in [6.45, 7) is 2.09. The molecule has 1 aromatic rings. The zero-order chi connectivity index (χ0) is 22.6. The van der Waals surface area contributed by atoms with Gasteiger partial charge in [0.2, 0.25) is 0 Å². The summed E-state index contributed by atoms with van der Waals surface area (Å²) in [6, 6.07) is 4.35. The molecule has 1 saturated heterocycles. The van der Waals surface area contributed by atoms with Crippen LogP contribution in [0.2, 0.25) is 0 Å². The van der Waals surface area contributed by atoms with Gasteiger partial charge in [0.05, 0.1) is 25.2 Å². The molecule has 0 unspecified atom stereocenters. The maximum atomic E-state index is 12.7. The highest BCUT2D eigenvalue weighted by Crippen LogP contribution is 2.72. The quantitative estimate of drug-likeness (QED) is 0.560. The maximum Gasteiger partial charge on any atom is 0.330 e. The van der Waals surface area contributed by atoms with E-state index in [1.54, 1.807) is 13.2 Å². The fourth-order valence-electron chi connectivity index (χ4n) is 8.35. The van der Waals surface area contributed by atoms with Gasteiger partial charge >= 0.3 is 5.97 Å². The number of ether oxygens (including phenoxy) is 3. The molecule has 3 saturated carbocycles. The Morgan fingerprint density at radius 3 is 2.79 bits per heavy atom. The third-order valence-electron chi connectivity index (χ3n) is 10.1. The zero-order valence-corrected chi connectivity index (χ0v) is 19.6. The van der Waals surface area contributed by atoms with E-state index in [1.165, 1.54) is 31.1 Å². The van der Waals surface area contributed by atoms with Gasteiger partial charge in [0, 0.05) is 29.6 Å². The Morgan fingerprint density at radius 1 is 1.24 bits per heavy atom. The zero-order valence-electron chi connectivity index (χ0n) is 19.6. The van der Waals surface area contributed by atoms with Gasteiger partial charge in [-0.15, -0.1) is 0 Å². The van der Waals surface area contributed by atoms with Crippen LogP contribution in [0.4, 0.5) is 0 Å². The number of esters is 1. The molecule has 6 heteroatoms. The van der Waals surface area contributed by atoms with Crippen molar-refractivity contribution in [1.29, 1.82) is 0 Å². The summed E-state index contributed by atoms with van der Waals surface area (Å²) < 4.78 is 17.6. The van der Waals surface area contributed by atoms with Crippen molar-refractivity contribution in [2.75, 3.05) is 27.3 Å². The molecular formula is C27H33NO5. The van der Waals surface area contributed by atoms with Crippen molar-refractivity contribution in [2.45, 2.75) is 74.5 Å². The molecule has 176 valence electrons. The van der Waals surface area contributed by atoms with E-state index in [9.17, 15) is 9.90 Å². The molecule has 0 radical (unpaired) electrons. The molecule has 5 atom stereocenters. The van der Waals surface area contributed by atoms with Gasteiger partial charge in [-0.1, -0.05) is 11.6 Å². The Morgan fingerprint density at radius 2 is 2.09 bits per heavy atom. The van der Waals surface area contributed by atoms with Gasteiger partial charge in [0.25, 0.3) is 0 Å². The number of carbonyl (C=O) groups is 1. The molecule has 7 rings (SSSR count). The lowest BCUT2D eigenvalue weighted by Gasteiger charge is -2.68. The van der Waals surface area contributed by atoms with Crippen LogP contribution in [-0.4, -0.2) is 61.0 Å². The Balaban J connectivity index is 1.41. The summed E-state index contributed by atoms with van der Waals surface area (Å²) in [5, 5.41) is 12.7. The number of hydrogen-bond donors (Lipinski definition) is 1. The highest BCUT2D eigenvalue weighted by Gasteiger charge is 2.77. The van der Waals surface area contributed by atoms with Crippen molar-refractivity contribution in [3.8, 4) is 11.5 Å². The van der Waals surface area contributed by atoms with Crippen LogP contribution in [0.3, 0.4) is 0 Å². The highest BCUT2D eigenvalue weighted by atomic mass is 16.5. The van der Waals surface area contributed by atoms with Crippen LogP contribution >= 0.6 is 0 Å². The molecule has 1 N–H and O–H groups in total. The minimum atomic E-state index is -0.827. The summed E-state index contributed by atoms with van der Waals surface area (Å²) in [7, 11) is 3.13. The molecule has 2 aliphatic heterocycles. The number of aliphatic hydroxyl groups is 1. The lowest BCUT2D eigenvalue weighted by Crippen LogP contribution is -2.78. The summed E-state index contributed by atoms with van der Waals surface area (Å²) >= 11 is 0. The first-order valence-corrected chi connectivity index (χ1v) is 12.6. The average molecular weight is 452 g/mol. The van der Waals surface area contributed by atoms with Gasteiger partial charge in [-0.2, -0.15) is 0 Å². The first-order valence-electron chi connectivity index (χ1n) is 12.6. The summed E-state index contributed by atoms with van der Waals surface area (Å²) in [5.41, 5.74) is 2.13. The van der Waals surface area contributed by atoms with Crippen molar-refractivity contribution < 1.29 is 24.1 Å². The molecule has 2 spiro atoms. The van der Waals surface area contributed by atoms with Crippen LogP contribution in [0.1, 0.15) is 56.1 Å². The van der Waals surface area contributed by atoms with E-state index in [-0.39, 0.29) is 23.5 Å². The molecule has 2 heterocycles. The number of rotatable bonds is 4. The first kappa shape index (κ1) is 20.3. The van der Waals surface area contributed by atoms with Gasteiger partial charge in [-0.3, -0.25) is 4.90 Å². The standard InChI is InChI=1S/C27H33NO5/c1-31-19-6-5-17-13-20-27(30)10-9-25(8-7-18(25)14-21(29)32-2)24-26(27,22(17)23(19)33-24)11-12-28(20)15-16-3-4-16/h5-6,14,16,20,24,30H,3-4,7-13,15H2,1-2H3/b18-14+/t20-,24+,25+,26+,27-/m1/s1. The largest absolute Gasteiger partial charge is 0.493 e. The molecule has 6 aliphatic rings. The lowest BCUT2D eigenvalue weighted by atomic mass is 9.40. The lowest BCUT2D eigenvalue weighted by molar-refractivity contribution is -0.218. The third kappa shape index (κ3) is 2.34. The molecule has 4 aliphatic carbocycles. The molecule has 2 bridgehead atoms. The molecule has 33 heavy (non-hydrogen) atoms. The van der Waals surface area contributed by atoms with E-state index in [0.717, 1.165) is 74.6 Å². The molecule has 1 aromatic carbocycles. The highest BCUT2D eigenvalue weighted by molar-refractivity contribution is 5.83. The minimum absolute atomic E-state index is 0.121. The first-order chi connectivity index (χ1) is 16.0. The predicted octanol–water partition coefficient (Wildman–Crippen LogP) is 3.14. The number of likely N-dealkylation sites (tertiary alicyclic amines) is 1. The van der Waals surface area contributed by atoms with Crippen molar-refractivity contribution in [2.24, 2.45) is 11.3 Å². The van der Waals surface area contributed by atoms with E-state index >= 15 is 0 Å². The van der Waals surface area contributed by atoms with Gasteiger partial charge in [-0.05, 0) is 75.5 Å². The summed E-state index contributed by atoms with van der Waals surface area (Å²) in [4.78, 5) is 14.8. The minimum Gasteiger partial charge on any atom is -0.493 e. The van der Waals surface area contributed by atoms with Crippen molar-refractivity contribution in [3.05, 3.63) is 34.9 Å². The summed E-state index contributed by atoms with van der Waals surface area (Å²) in [6.07, 6.45) is 9.38. The number of carbonyl (C=O) groups excluding carboxylic acids is 1. The normalized spacial score (nSPS) is 41.4. The monoisotopic (exact) mass is 451 g/mol. The van der Waals surface area contributed by atoms with Crippen molar-refractivity contribution in [1.82, 2.24) is 4.90 Å². The predicted molar refractivity (Wildman–Crippen MR) is 121 cm³/mol. The Kier molecular flexibility index (Phi) is 4.03. The average Bonchev–Trinajstić information content (AvgIpc) is 3.55. The van der Waals surface area contributed by atoms with Crippen LogP contribution in [0, 0.1) is 11.3 Å². The van der Waals surface area contributed by atoms with Crippen LogP contribution < -0.4 is 9.47 Å². The van der Waals surface area contributed by atoms with Gasteiger partial charge in [-0.25, -0.2) is 4.79 Å². The topological polar surface area (TPSA) is 68.2 Å². The van der Waals surface area contributed by atoms with Crippen LogP contribution in [-0.2, 0) is 21.4 Å². The Labute approximate surface area is 194 Å².